The molecule has 2 unspecified atom stereocenters. The maximum Gasteiger partial charge on any atom is 0.211 e. The lowest BCUT2D eigenvalue weighted by molar-refractivity contribution is 0.123. The lowest BCUT2D eigenvalue weighted by Crippen LogP contribution is -2.39. The van der Waals surface area contributed by atoms with Gasteiger partial charge in [0.15, 0.2) is 0 Å². The van der Waals surface area contributed by atoms with Crippen LogP contribution in [0.3, 0.4) is 0 Å². The fourth-order valence-corrected chi connectivity index (χ4v) is 3.64. The predicted molar refractivity (Wildman–Crippen MR) is 76.6 cm³/mol. The Hall–Kier alpha value is -0.920. The molecule has 1 aliphatic heterocycles. The van der Waals surface area contributed by atoms with Crippen LogP contribution < -0.4 is 0 Å². The topological polar surface area (TPSA) is 75.4 Å². The van der Waals surface area contributed by atoms with E-state index in [0.717, 1.165) is 24.9 Å². The Balaban J connectivity index is 1.95. The van der Waals surface area contributed by atoms with Crippen molar-refractivity contribution in [3.8, 4) is 0 Å². The van der Waals surface area contributed by atoms with Crippen molar-refractivity contribution in [3.63, 3.8) is 0 Å². The van der Waals surface area contributed by atoms with Gasteiger partial charge in [-0.25, -0.2) is 12.7 Å². The van der Waals surface area contributed by atoms with Gasteiger partial charge in [-0.15, -0.1) is 0 Å². The van der Waals surface area contributed by atoms with Gasteiger partial charge in [-0.1, -0.05) is 0 Å². The monoisotopic (exact) mass is 301 g/mol. The predicted octanol–water partition coefficient (Wildman–Crippen LogP) is 0.998. The van der Waals surface area contributed by atoms with Crippen LogP contribution >= 0.6 is 0 Å². The Kier molecular flexibility index (Phi) is 4.82. The lowest BCUT2D eigenvalue weighted by atomic mass is 9.92. The molecule has 2 rings (SSSR count). The fraction of sp³-hybridized carbons (Fsp3) is 0.769. The third-order valence-electron chi connectivity index (χ3n) is 3.87. The zero-order valence-corrected chi connectivity index (χ0v) is 12.9. The summed E-state index contributed by atoms with van der Waals surface area (Å²) in [5.74, 6) is 0.207. The molecule has 1 fully saturated rings. The molecule has 2 heterocycles. The maximum absolute atomic E-state index is 11.6. The number of aromatic nitrogens is 2. The van der Waals surface area contributed by atoms with Crippen LogP contribution in [0.5, 0.6) is 0 Å². The number of sulfonamides is 1. The van der Waals surface area contributed by atoms with E-state index < -0.39 is 16.1 Å². The molecule has 6 nitrogen and oxygen atoms in total. The minimum Gasteiger partial charge on any atom is -0.388 e. The molecule has 2 atom stereocenters. The third-order valence-corrected chi connectivity index (χ3v) is 5.14. The van der Waals surface area contributed by atoms with Gasteiger partial charge in [-0.05, 0) is 32.1 Å². The van der Waals surface area contributed by atoms with Crippen molar-refractivity contribution in [2.75, 3.05) is 19.3 Å². The highest BCUT2D eigenvalue weighted by Crippen LogP contribution is 2.28. The number of aliphatic hydroxyl groups is 1. The van der Waals surface area contributed by atoms with Crippen LogP contribution in [0.1, 0.15) is 37.9 Å². The molecular formula is C13H23N3O3S. The van der Waals surface area contributed by atoms with Crippen LogP contribution in [-0.4, -0.2) is 47.0 Å². The summed E-state index contributed by atoms with van der Waals surface area (Å²) in [5, 5.41) is 14.4. The van der Waals surface area contributed by atoms with Gasteiger partial charge in [0, 0.05) is 31.4 Å². The molecule has 0 aliphatic carbocycles. The molecule has 0 spiro atoms. The largest absolute Gasteiger partial charge is 0.388 e. The van der Waals surface area contributed by atoms with E-state index in [0.29, 0.717) is 19.5 Å². The zero-order valence-electron chi connectivity index (χ0n) is 12.1. The molecule has 20 heavy (non-hydrogen) atoms. The van der Waals surface area contributed by atoms with E-state index >= 15 is 0 Å². The molecular weight excluding hydrogens is 278 g/mol. The van der Waals surface area contributed by atoms with E-state index in [4.69, 9.17) is 0 Å². The van der Waals surface area contributed by atoms with E-state index in [1.807, 2.05) is 13.1 Å². The van der Waals surface area contributed by atoms with Gasteiger partial charge in [-0.3, -0.25) is 4.68 Å². The Morgan fingerprint density at radius 3 is 2.90 bits per heavy atom. The summed E-state index contributed by atoms with van der Waals surface area (Å²) >= 11 is 0. The summed E-state index contributed by atoms with van der Waals surface area (Å²) in [6.45, 7) is 3.88. The van der Waals surface area contributed by atoms with E-state index in [9.17, 15) is 13.5 Å². The fourth-order valence-electron chi connectivity index (χ4n) is 2.70. The normalized spacial score (nSPS) is 22.9. The SMILES string of the molecule is CCn1cc(C(O)CC2CCCN(S(C)(=O)=O)C2)cn1. The number of nitrogens with zero attached hydrogens (tertiary/aromatic N) is 3. The first-order chi connectivity index (χ1) is 9.40. The van der Waals surface area contributed by atoms with Gasteiger partial charge in [0.05, 0.1) is 18.6 Å². The average molecular weight is 301 g/mol. The van der Waals surface area contributed by atoms with Crippen LogP contribution in [0.15, 0.2) is 12.4 Å². The van der Waals surface area contributed by atoms with Crippen LogP contribution in [0, 0.1) is 5.92 Å². The van der Waals surface area contributed by atoms with E-state index in [-0.39, 0.29) is 5.92 Å². The lowest BCUT2D eigenvalue weighted by Gasteiger charge is -2.31. The van der Waals surface area contributed by atoms with E-state index in [2.05, 4.69) is 5.10 Å². The molecule has 114 valence electrons. The van der Waals surface area contributed by atoms with Crippen molar-refractivity contribution >= 4 is 10.0 Å². The highest BCUT2D eigenvalue weighted by molar-refractivity contribution is 7.88. The Morgan fingerprint density at radius 2 is 2.30 bits per heavy atom. The summed E-state index contributed by atoms with van der Waals surface area (Å²) in [7, 11) is -3.12. The minimum atomic E-state index is -3.12. The van der Waals surface area contributed by atoms with E-state index in [1.54, 1.807) is 10.9 Å². The number of rotatable bonds is 5. The molecule has 1 aromatic rings. The van der Waals surface area contributed by atoms with Crippen molar-refractivity contribution in [3.05, 3.63) is 18.0 Å². The minimum absolute atomic E-state index is 0.207. The van der Waals surface area contributed by atoms with Crippen molar-refractivity contribution in [1.82, 2.24) is 14.1 Å². The van der Waals surface area contributed by atoms with Crippen LogP contribution in [0.25, 0.3) is 0 Å². The maximum atomic E-state index is 11.6. The van der Waals surface area contributed by atoms with Crippen molar-refractivity contribution in [2.45, 2.75) is 38.8 Å². The first-order valence-electron chi connectivity index (χ1n) is 7.05. The molecule has 0 aromatic carbocycles. The Morgan fingerprint density at radius 1 is 1.55 bits per heavy atom. The highest BCUT2D eigenvalue weighted by Gasteiger charge is 2.27. The number of hydrogen-bond donors (Lipinski definition) is 1. The average Bonchev–Trinajstić information content (AvgIpc) is 2.87. The third kappa shape index (κ3) is 3.80. The second kappa shape index (κ2) is 6.24. The van der Waals surface area contributed by atoms with Gasteiger partial charge in [0.25, 0.3) is 0 Å². The summed E-state index contributed by atoms with van der Waals surface area (Å²) in [4.78, 5) is 0. The van der Waals surface area contributed by atoms with Gasteiger partial charge in [0.1, 0.15) is 0 Å². The van der Waals surface area contributed by atoms with Gasteiger partial charge < -0.3 is 5.11 Å². The quantitative estimate of drug-likeness (QED) is 0.880. The number of hydrogen-bond acceptors (Lipinski definition) is 4. The summed E-state index contributed by atoms with van der Waals surface area (Å²) in [6.07, 6.45) is 6.62. The summed E-state index contributed by atoms with van der Waals surface area (Å²) in [6, 6.07) is 0. The number of aryl methyl sites for hydroxylation is 1. The molecule has 0 amide bonds. The van der Waals surface area contributed by atoms with Crippen LogP contribution in [-0.2, 0) is 16.6 Å². The van der Waals surface area contributed by atoms with Gasteiger partial charge >= 0.3 is 0 Å². The second-order valence-electron chi connectivity index (χ2n) is 5.51. The summed E-state index contributed by atoms with van der Waals surface area (Å²) in [5.41, 5.74) is 0.809. The molecule has 0 radical (unpaired) electrons. The van der Waals surface area contributed by atoms with Crippen molar-refractivity contribution in [1.29, 1.82) is 0 Å². The first kappa shape index (κ1) is 15.5. The Labute approximate surface area is 120 Å². The van der Waals surface area contributed by atoms with Gasteiger partial charge in [-0.2, -0.15) is 5.10 Å². The molecule has 1 N–H and O–H groups in total. The van der Waals surface area contributed by atoms with E-state index in [1.165, 1.54) is 10.6 Å². The Bertz CT molecular complexity index is 541. The highest BCUT2D eigenvalue weighted by atomic mass is 32.2. The van der Waals surface area contributed by atoms with Crippen LogP contribution in [0.4, 0.5) is 0 Å². The van der Waals surface area contributed by atoms with Gasteiger partial charge in [0.2, 0.25) is 10.0 Å². The molecule has 1 aromatic heterocycles. The van der Waals surface area contributed by atoms with Crippen molar-refractivity contribution < 1.29 is 13.5 Å². The molecule has 1 saturated heterocycles. The molecule has 0 saturated carbocycles. The standard InChI is InChI=1S/C13H23N3O3S/c1-3-15-10-12(8-14-15)13(17)7-11-5-4-6-16(9-11)20(2,18)19/h8,10-11,13,17H,3-7,9H2,1-2H3. The number of aliphatic hydroxyl groups excluding tert-OH is 1. The van der Waals surface area contributed by atoms with Crippen molar-refractivity contribution in [2.24, 2.45) is 5.92 Å². The molecule has 1 aliphatic rings. The number of piperidine rings is 1. The van der Waals surface area contributed by atoms with Crippen LogP contribution in [0.2, 0.25) is 0 Å². The second-order valence-corrected chi connectivity index (χ2v) is 7.49. The first-order valence-corrected chi connectivity index (χ1v) is 8.90. The molecule has 0 bridgehead atoms. The smallest absolute Gasteiger partial charge is 0.211 e. The molecule has 7 heteroatoms. The summed E-state index contributed by atoms with van der Waals surface area (Å²) < 4.78 is 26.5. The zero-order chi connectivity index (χ0) is 14.8.